The third kappa shape index (κ3) is 5.95. The van der Waals surface area contributed by atoms with E-state index in [0.29, 0.717) is 6.04 Å². The number of piperidine rings is 1. The minimum atomic E-state index is 0.613. The van der Waals surface area contributed by atoms with Crippen LogP contribution in [0.2, 0.25) is 0 Å². The van der Waals surface area contributed by atoms with E-state index >= 15 is 0 Å². The van der Waals surface area contributed by atoms with Crippen LogP contribution in [0.15, 0.2) is 12.2 Å². The molecule has 0 aromatic carbocycles. The van der Waals surface area contributed by atoms with Gasteiger partial charge in [-0.15, -0.1) is 6.58 Å². The number of likely N-dealkylation sites (tertiary alicyclic amines) is 1. The third-order valence-corrected chi connectivity index (χ3v) is 3.03. The number of nitrogens with zero attached hydrogens (tertiary/aromatic N) is 1. The van der Waals surface area contributed by atoms with Gasteiger partial charge in [0.25, 0.3) is 0 Å². The molecule has 1 saturated heterocycles. The predicted molar refractivity (Wildman–Crippen MR) is 67.2 cm³/mol. The molecule has 2 nitrogen and oxygen atoms in total. The molecule has 2 heteroatoms. The van der Waals surface area contributed by atoms with Gasteiger partial charge >= 0.3 is 0 Å². The molecular formula is C13H26N2. The molecule has 0 aromatic rings. The van der Waals surface area contributed by atoms with Gasteiger partial charge in [-0.1, -0.05) is 12.0 Å². The van der Waals surface area contributed by atoms with Crippen LogP contribution in [0, 0.1) is 0 Å². The fourth-order valence-corrected chi connectivity index (χ4v) is 2.13. The van der Waals surface area contributed by atoms with Crippen molar-refractivity contribution >= 4 is 0 Å². The van der Waals surface area contributed by atoms with Crippen LogP contribution < -0.4 is 5.32 Å². The lowest BCUT2D eigenvalue weighted by atomic mass is 10.1. The van der Waals surface area contributed by atoms with E-state index < -0.39 is 0 Å². The third-order valence-electron chi connectivity index (χ3n) is 3.03. The van der Waals surface area contributed by atoms with Gasteiger partial charge in [0.1, 0.15) is 0 Å². The van der Waals surface area contributed by atoms with E-state index in [-0.39, 0.29) is 0 Å². The zero-order chi connectivity index (χ0) is 11.1. The maximum Gasteiger partial charge on any atom is 0.0166 e. The van der Waals surface area contributed by atoms with Gasteiger partial charge in [-0.3, -0.25) is 0 Å². The van der Waals surface area contributed by atoms with Crippen LogP contribution in [0.25, 0.3) is 0 Å². The van der Waals surface area contributed by atoms with Crippen LogP contribution in [-0.2, 0) is 0 Å². The maximum atomic E-state index is 3.92. The lowest BCUT2D eigenvalue weighted by molar-refractivity contribution is 0.209. The van der Waals surface area contributed by atoms with Crippen molar-refractivity contribution < 1.29 is 0 Å². The highest BCUT2D eigenvalue weighted by Crippen LogP contribution is 2.08. The molecule has 1 heterocycles. The fraction of sp³-hybridized carbons (Fsp3) is 0.846. The Kier molecular flexibility index (Phi) is 5.96. The van der Waals surface area contributed by atoms with Crippen LogP contribution in [0.3, 0.4) is 0 Å². The van der Waals surface area contributed by atoms with E-state index in [1.807, 2.05) is 0 Å². The Morgan fingerprint density at radius 3 is 2.60 bits per heavy atom. The van der Waals surface area contributed by atoms with Gasteiger partial charge in [0.2, 0.25) is 0 Å². The Bertz CT molecular complexity index is 183. The summed E-state index contributed by atoms with van der Waals surface area (Å²) in [5, 5.41) is 3.56. The van der Waals surface area contributed by atoms with Crippen molar-refractivity contribution in [1.82, 2.24) is 10.2 Å². The largest absolute Gasteiger partial charge is 0.313 e. The average Bonchev–Trinajstić information content (AvgIpc) is 2.18. The molecule has 0 amide bonds. The zero-order valence-corrected chi connectivity index (χ0v) is 10.4. The summed E-state index contributed by atoms with van der Waals surface area (Å²) in [5.41, 5.74) is 1.27. The van der Waals surface area contributed by atoms with Gasteiger partial charge in [-0.25, -0.2) is 0 Å². The highest BCUT2D eigenvalue weighted by molar-refractivity contribution is 4.88. The second kappa shape index (κ2) is 7.02. The zero-order valence-electron chi connectivity index (χ0n) is 10.4. The highest BCUT2D eigenvalue weighted by atomic mass is 15.1. The maximum absolute atomic E-state index is 3.92. The van der Waals surface area contributed by atoms with Gasteiger partial charge < -0.3 is 10.2 Å². The monoisotopic (exact) mass is 210 g/mol. The lowest BCUT2D eigenvalue weighted by Gasteiger charge is -2.29. The Hall–Kier alpha value is -0.340. The molecule has 1 aliphatic rings. The molecule has 0 saturated carbocycles. The van der Waals surface area contributed by atoms with E-state index in [9.17, 15) is 0 Å². The summed E-state index contributed by atoms with van der Waals surface area (Å²) in [6.07, 6.45) is 5.30. The fourth-order valence-electron chi connectivity index (χ4n) is 2.13. The van der Waals surface area contributed by atoms with Crippen LogP contribution in [-0.4, -0.2) is 37.1 Å². The summed E-state index contributed by atoms with van der Waals surface area (Å²) in [5.74, 6) is 0. The van der Waals surface area contributed by atoms with Crippen molar-refractivity contribution in [1.29, 1.82) is 0 Å². The van der Waals surface area contributed by atoms with E-state index in [4.69, 9.17) is 0 Å². The molecule has 0 spiro atoms. The second-order valence-electron chi connectivity index (χ2n) is 4.92. The Morgan fingerprint density at radius 2 is 2.00 bits per heavy atom. The first-order chi connectivity index (χ1) is 7.18. The number of hydrogen-bond donors (Lipinski definition) is 1. The highest BCUT2D eigenvalue weighted by Gasteiger charge is 2.12. The Labute approximate surface area is 94.7 Å². The van der Waals surface area contributed by atoms with Crippen molar-refractivity contribution in [2.45, 2.75) is 45.6 Å². The van der Waals surface area contributed by atoms with Crippen molar-refractivity contribution in [3.63, 3.8) is 0 Å². The van der Waals surface area contributed by atoms with Crippen molar-refractivity contribution in [2.75, 3.05) is 26.2 Å². The molecule has 0 bridgehead atoms. The van der Waals surface area contributed by atoms with E-state index in [2.05, 4.69) is 30.6 Å². The molecule has 1 N–H and O–H groups in total. The molecule has 0 radical (unpaired) electrons. The molecule has 1 fully saturated rings. The topological polar surface area (TPSA) is 15.3 Å². The lowest BCUT2D eigenvalue weighted by Crippen LogP contribution is -2.41. The minimum absolute atomic E-state index is 0.613. The van der Waals surface area contributed by atoms with Gasteiger partial charge in [0, 0.05) is 12.6 Å². The molecule has 1 atom stereocenters. The summed E-state index contributed by atoms with van der Waals surface area (Å²) in [7, 11) is 0. The van der Waals surface area contributed by atoms with Crippen molar-refractivity contribution in [3.8, 4) is 0 Å². The quantitative estimate of drug-likeness (QED) is 0.677. The number of nitrogens with one attached hydrogen (secondary N) is 1. The second-order valence-corrected chi connectivity index (χ2v) is 4.92. The molecule has 0 aliphatic carbocycles. The van der Waals surface area contributed by atoms with Gasteiger partial charge in [0.05, 0.1) is 0 Å². The summed E-state index contributed by atoms with van der Waals surface area (Å²) in [6, 6.07) is 0.613. The Balaban J connectivity index is 2.06. The smallest absolute Gasteiger partial charge is 0.0166 e. The molecular weight excluding hydrogens is 184 g/mol. The average molecular weight is 210 g/mol. The molecule has 1 rings (SSSR count). The van der Waals surface area contributed by atoms with Crippen molar-refractivity contribution in [2.24, 2.45) is 0 Å². The molecule has 88 valence electrons. The van der Waals surface area contributed by atoms with Crippen LogP contribution in [0.1, 0.15) is 39.5 Å². The van der Waals surface area contributed by atoms with E-state index in [0.717, 1.165) is 13.0 Å². The SMILES string of the molecule is C=C(C)CCNC(C)CN1CCCCC1. The van der Waals surface area contributed by atoms with Gasteiger partial charge in [-0.05, 0) is 52.7 Å². The van der Waals surface area contributed by atoms with Crippen LogP contribution in [0.5, 0.6) is 0 Å². The van der Waals surface area contributed by atoms with E-state index in [1.165, 1.54) is 44.5 Å². The first-order valence-corrected chi connectivity index (χ1v) is 6.28. The summed E-state index contributed by atoms with van der Waals surface area (Å²) >= 11 is 0. The number of rotatable bonds is 6. The Morgan fingerprint density at radius 1 is 1.33 bits per heavy atom. The van der Waals surface area contributed by atoms with Gasteiger partial charge in [0.15, 0.2) is 0 Å². The molecule has 15 heavy (non-hydrogen) atoms. The predicted octanol–water partition coefficient (Wildman–Crippen LogP) is 2.42. The summed E-state index contributed by atoms with van der Waals surface area (Å²) in [4.78, 5) is 2.59. The van der Waals surface area contributed by atoms with Gasteiger partial charge in [-0.2, -0.15) is 0 Å². The molecule has 0 aromatic heterocycles. The van der Waals surface area contributed by atoms with Crippen molar-refractivity contribution in [3.05, 3.63) is 12.2 Å². The number of hydrogen-bond acceptors (Lipinski definition) is 2. The van der Waals surface area contributed by atoms with E-state index in [1.54, 1.807) is 0 Å². The first-order valence-electron chi connectivity index (χ1n) is 6.28. The first kappa shape index (κ1) is 12.7. The summed E-state index contributed by atoms with van der Waals surface area (Å²) in [6.45, 7) is 13.2. The summed E-state index contributed by atoms with van der Waals surface area (Å²) < 4.78 is 0. The van der Waals surface area contributed by atoms with Crippen LogP contribution >= 0.6 is 0 Å². The molecule has 1 unspecified atom stereocenters. The minimum Gasteiger partial charge on any atom is -0.313 e. The van der Waals surface area contributed by atoms with Crippen LogP contribution in [0.4, 0.5) is 0 Å². The normalized spacial score (nSPS) is 20.1. The molecule has 1 aliphatic heterocycles. The standard InChI is InChI=1S/C13H26N2/c1-12(2)7-8-14-13(3)11-15-9-5-4-6-10-15/h13-14H,1,4-11H2,2-3H3.